The van der Waals surface area contributed by atoms with E-state index < -0.39 is 5.67 Å². The second kappa shape index (κ2) is 3.50. The third-order valence-corrected chi connectivity index (χ3v) is 2.16. The summed E-state index contributed by atoms with van der Waals surface area (Å²) in [6.45, 7) is 3.17. The number of hydrogen-bond acceptors (Lipinski definition) is 2. The number of ether oxygens (including phenoxy) is 1. The first-order valence-electron chi connectivity index (χ1n) is 4.11. The average molecular weight is 161 g/mol. The molecular weight excluding hydrogens is 145 g/mol. The fourth-order valence-electron chi connectivity index (χ4n) is 1.43. The van der Waals surface area contributed by atoms with Gasteiger partial charge >= 0.3 is 0 Å². The highest BCUT2D eigenvalue weighted by Crippen LogP contribution is 2.25. The van der Waals surface area contributed by atoms with E-state index in [0.29, 0.717) is 18.9 Å². The molecule has 0 saturated carbocycles. The summed E-state index contributed by atoms with van der Waals surface area (Å²) < 4.78 is 18.4. The topological polar surface area (TPSA) is 35.2 Å². The molecule has 1 heterocycles. The summed E-state index contributed by atoms with van der Waals surface area (Å²) in [4.78, 5) is 0. The van der Waals surface area contributed by atoms with Crippen molar-refractivity contribution in [3.63, 3.8) is 0 Å². The number of nitrogens with two attached hydrogens (primary N) is 1. The van der Waals surface area contributed by atoms with E-state index in [1.165, 1.54) is 0 Å². The Kier molecular flexibility index (Phi) is 2.84. The minimum atomic E-state index is -1.20. The zero-order chi connectivity index (χ0) is 8.32. The molecule has 0 aliphatic carbocycles. The molecule has 0 aromatic rings. The van der Waals surface area contributed by atoms with Crippen LogP contribution in [0, 0.1) is 5.92 Å². The zero-order valence-electron chi connectivity index (χ0n) is 6.98. The van der Waals surface area contributed by atoms with Crippen LogP contribution in [0.5, 0.6) is 0 Å². The van der Waals surface area contributed by atoms with Gasteiger partial charge in [-0.2, -0.15) is 0 Å². The Morgan fingerprint density at radius 2 is 2.45 bits per heavy atom. The van der Waals surface area contributed by atoms with E-state index in [1.807, 2.05) is 0 Å². The first kappa shape index (κ1) is 8.94. The summed E-state index contributed by atoms with van der Waals surface area (Å²) in [6, 6.07) is 0. The Morgan fingerprint density at radius 1 is 1.73 bits per heavy atom. The highest BCUT2D eigenvalue weighted by Gasteiger charge is 2.28. The van der Waals surface area contributed by atoms with E-state index in [9.17, 15) is 4.39 Å². The molecule has 3 heteroatoms. The summed E-state index contributed by atoms with van der Waals surface area (Å²) in [5.74, 6) is 0.383. The van der Waals surface area contributed by atoms with Crippen LogP contribution in [0.1, 0.15) is 19.8 Å². The van der Waals surface area contributed by atoms with E-state index in [4.69, 9.17) is 10.5 Å². The van der Waals surface area contributed by atoms with Crippen molar-refractivity contribution in [1.82, 2.24) is 0 Å². The van der Waals surface area contributed by atoms with Crippen molar-refractivity contribution in [3.05, 3.63) is 0 Å². The summed E-state index contributed by atoms with van der Waals surface area (Å²) in [5, 5.41) is 0. The van der Waals surface area contributed by atoms with Crippen LogP contribution in [0.4, 0.5) is 4.39 Å². The molecule has 1 aliphatic rings. The fraction of sp³-hybridized carbons (Fsp3) is 1.00. The van der Waals surface area contributed by atoms with Gasteiger partial charge in [0.05, 0.1) is 0 Å². The fourth-order valence-corrected chi connectivity index (χ4v) is 1.43. The standard InChI is InChI=1S/C8H16FNO/c1-8(9,6-10)4-7-2-3-11-5-7/h7H,2-6,10H2,1H3. The highest BCUT2D eigenvalue weighted by molar-refractivity contribution is 4.79. The molecule has 1 rings (SSSR count). The molecule has 1 aliphatic heterocycles. The van der Waals surface area contributed by atoms with Gasteiger partial charge in [0.25, 0.3) is 0 Å². The van der Waals surface area contributed by atoms with Crippen LogP contribution in [0.3, 0.4) is 0 Å². The minimum Gasteiger partial charge on any atom is -0.381 e. The van der Waals surface area contributed by atoms with E-state index in [2.05, 4.69) is 0 Å². The van der Waals surface area contributed by atoms with Gasteiger partial charge in [-0.05, 0) is 25.7 Å². The van der Waals surface area contributed by atoms with Crippen molar-refractivity contribution >= 4 is 0 Å². The monoisotopic (exact) mass is 161 g/mol. The Balaban J connectivity index is 2.28. The smallest absolute Gasteiger partial charge is 0.120 e. The molecule has 2 nitrogen and oxygen atoms in total. The number of alkyl halides is 1. The van der Waals surface area contributed by atoms with Gasteiger partial charge in [-0.3, -0.25) is 0 Å². The van der Waals surface area contributed by atoms with Crippen LogP contribution < -0.4 is 5.73 Å². The SMILES string of the molecule is CC(F)(CN)CC1CCOC1. The molecule has 1 saturated heterocycles. The summed E-state index contributed by atoms with van der Waals surface area (Å²) in [6.07, 6.45) is 1.53. The minimum absolute atomic E-state index is 0.115. The van der Waals surface area contributed by atoms with Crippen LogP contribution >= 0.6 is 0 Å². The molecular formula is C8H16FNO. The lowest BCUT2D eigenvalue weighted by Crippen LogP contribution is -2.31. The third-order valence-electron chi connectivity index (χ3n) is 2.16. The van der Waals surface area contributed by atoms with Crippen molar-refractivity contribution in [2.45, 2.75) is 25.4 Å². The van der Waals surface area contributed by atoms with Crippen molar-refractivity contribution in [2.24, 2.45) is 11.7 Å². The quantitative estimate of drug-likeness (QED) is 0.672. The molecule has 0 aromatic heterocycles. The maximum absolute atomic E-state index is 13.3. The largest absolute Gasteiger partial charge is 0.381 e. The van der Waals surface area contributed by atoms with Crippen molar-refractivity contribution < 1.29 is 9.13 Å². The molecule has 0 radical (unpaired) electrons. The second-order valence-electron chi connectivity index (χ2n) is 3.55. The Bertz CT molecular complexity index is 121. The van der Waals surface area contributed by atoms with Crippen molar-refractivity contribution in [1.29, 1.82) is 0 Å². The van der Waals surface area contributed by atoms with Gasteiger partial charge in [0.2, 0.25) is 0 Å². The van der Waals surface area contributed by atoms with Crippen LogP contribution in [0.15, 0.2) is 0 Å². The molecule has 66 valence electrons. The number of rotatable bonds is 3. The van der Waals surface area contributed by atoms with E-state index in [0.717, 1.165) is 13.0 Å². The lowest BCUT2D eigenvalue weighted by atomic mass is 9.93. The zero-order valence-corrected chi connectivity index (χ0v) is 6.98. The van der Waals surface area contributed by atoms with Crippen molar-refractivity contribution in [3.8, 4) is 0 Å². The summed E-state index contributed by atoms with van der Waals surface area (Å²) in [5.41, 5.74) is 4.07. The lowest BCUT2D eigenvalue weighted by Gasteiger charge is -2.20. The van der Waals surface area contributed by atoms with Crippen LogP contribution in [0.2, 0.25) is 0 Å². The van der Waals surface area contributed by atoms with Gasteiger partial charge in [0.15, 0.2) is 0 Å². The van der Waals surface area contributed by atoms with Gasteiger partial charge in [0, 0.05) is 19.8 Å². The van der Waals surface area contributed by atoms with E-state index in [1.54, 1.807) is 6.92 Å². The Hall–Kier alpha value is -0.150. The average Bonchev–Trinajstić information content (AvgIpc) is 2.39. The van der Waals surface area contributed by atoms with Crippen LogP contribution in [-0.2, 0) is 4.74 Å². The van der Waals surface area contributed by atoms with Gasteiger partial charge in [-0.1, -0.05) is 0 Å². The normalized spacial score (nSPS) is 30.3. The molecule has 0 aromatic carbocycles. The van der Waals surface area contributed by atoms with Gasteiger partial charge in [-0.25, -0.2) is 4.39 Å². The number of hydrogen-bond donors (Lipinski definition) is 1. The highest BCUT2D eigenvalue weighted by atomic mass is 19.1. The maximum atomic E-state index is 13.3. The first-order chi connectivity index (χ1) is 5.14. The van der Waals surface area contributed by atoms with Gasteiger partial charge in [-0.15, -0.1) is 0 Å². The van der Waals surface area contributed by atoms with Gasteiger partial charge < -0.3 is 10.5 Å². The molecule has 2 atom stereocenters. The second-order valence-corrected chi connectivity index (χ2v) is 3.55. The van der Waals surface area contributed by atoms with Gasteiger partial charge in [0.1, 0.15) is 5.67 Å². The molecule has 0 bridgehead atoms. The molecule has 0 amide bonds. The molecule has 0 spiro atoms. The summed E-state index contributed by atoms with van der Waals surface area (Å²) in [7, 11) is 0. The predicted octanol–water partition coefficient (Wildman–Crippen LogP) is 1.10. The Morgan fingerprint density at radius 3 is 2.91 bits per heavy atom. The molecule has 2 unspecified atom stereocenters. The van der Waals surface area contributed by atoms with Crippen LogP contribution in [-0.4, -0.2) is 25.4 Å². The number of halogens is 1. The maximum Gasteiger partial charge on any atom is 0.120 e. The predicted molar refractivity (Wildman–Crippen MR) is 42.1 cm³/mol. The van der Waals surface area contributed by atoms with Crippen molar-refractivity contribution in [2.75, 3.05) is 19.8 Å². The molecule has 2 N–H and O–H groups in total. The Labute approximate surface area is 66.9 Å². The molecule has 11 heavy (non-hydrogen) atoms. The van der Waals surface area contributed by atoms with Crippen LogP contribution in [0.25, 0.3) is 0 Å². The first-order valence-corrected chi connectivity index (χ1v) is 4.11. The van der Waals surface area contributed by atoms with E-state index >= 15 is 0 Å². The lowest BCUT2D eigenvalue weighted by molar-refractivity contribution is 0.134. The third kappa shape index (κ3) is 2.75. The summed E-state index contributed by atoms with van der Waals surface area (Å²) >= 11 is 0. The molecule has 1 fully saturated rings. The van der Waals surface area contributed by atoms with E-state index in [-0.39, 0.29) is 6.54 Å².